The maximum Gasteiger partial charge on any atom is 0.130 e. The third kappa shape index (κ3) is 4.75. The van der Waals surface area contributed by atoms with Crippen molar-refractivity contribution in [2.24, 2.45) is 0 Å². The molecule has 2 aliphatic rings. The van der Waals surface area contributed by atoms with E-state index in [0.717, 1.165) is 22.5 Å². The van der Waals surface area contributed by atoms with Crippen molar-refractivity contribution < 1.29 is 29.9 Å². The van der Waals surface area contributed by atoms with Gasteiger partial charge in [-0.25, -0.2) is 0 Å². The molecule has 0 saturated carbocycles. The third-order valence-corrected chi connectivity index (χ3v) is 5.57. The normalized spacial score (nSPS) is 31.1. The average Bonchev–Trinajstić information content (AvgIpc) is 3.30. The fourth-order valence-electron chi connectivity index (χ4n) is 3.86. The minimum atomic E-state index is -0.661. The van der Waals surface area contributed by atoms with Gasteiger partial charge in [-0.05, 0) is 35.4 Å². The molecule has 0 unspecified atom stereocenters. The number of anilines is 2. The highest BCUT2D eigenvalue weighted by atomic mass is 16.5. The Morgan fingerprint density at radius 3 is 1.33 bits per heavy atom. The molecular weight excluding hydrogens is 388 g/mol. The summed E-state index contributed by atoms with van der Waals surface area (Å²) in [6.07, 6.45) is -2.18. The van der Waals surface area contributed by atoms with E-state index in [1.807, 2.05) is 48.5 Å². The van der Waals surface area contributed by atoms with E-state index in [1.54, 1.807) is 0 Å². The van der Waals surface area contributed by atoms with Crippen molar-refractivity contribution >= 4 is 11.4 Å². The molecule has 0 aromatic heterocycles. The number of rotatable bonds is 7. The quantitative estimate of drug-likeness (QED) is 0.397. The molecule has 162 valence electrons. The topological polar surface area (TPSA) is 123 Å². The second-order valence-electron chi connectivity index (χ2n) is 7.74. The van der Waals surface area contributed by atoms with Crippen LogP contribution in [0.5, 0.6) is 0 Å². The second kappa shape index (κ2) is 9.30. The van der Waals surface area contributed by atoms with Crippen LogP contribution in [0, 0.1) is 0 Å². The van der Waals surface area contributed by atoms with Crippen LogP contribution in [0.3, 0.4) is 0 Å². The van der Waals surface area contributed by atoms with Crippen LogP contribution in [0.4, 0.5) is 11.4 Å². The molecule has 0 aliphatic carbocycles. The van der Waals surface area contributed by atoms with E-state index < -0.39 is 24.4 Å². The summed E-state index contributed by atoms with van der Waals surface area (Å²) in [6.45, 7) is -0.392. The van der Waals surface area contributed by atoms with Gasteiger partial charge in [0.1, 0.15) is 24.7 Å². The summed E-state index contributed by atoms with van der Waals surface area (Å²) in [5.74, 6) is 0. The highest BCUT2D eigenvalue weighted by Gasteiger charge is 2.34. The number of nitrogens with one attached hydrogen (secondary N) is 2. The first-order valence-electron chi connectivity index (χ1n) is 10.2. The van der Waals surface area contributed by atoms with Crippen LogP contribution in [-0.4, -0.2) is 70.5 Å². The van der Waals surface area contributed by atoms with Gasteiger partial charge in [-0.3, -0.25) is 0 Å². The van der Waals surface area contributed by atoms with E-state index in [1.165, 1.54) is 0 Å². The van der Waals surface area contributed by atoms with Crippen molar-refractivity contribution in [2.45, 2.75) is 49.7 Å². The summed E-state index contributed by atoms with van der Waals surface area (Å²) < 4.78 is 11.1. The Morgan fingerprint density at radius 1 is 0.667 bits per heavy atom. The van der Waals surface area contributed by atoms with E-state index >= 15 is 0 Å². The van der Waals surface area contributed by atoms with Crippen molar-refractivity contribution in [3.8, 4) is 11.1 Å². The molecule has 0 spiro atoms. The van der Waals surface area contributed by atoms with Crippen molar-refractivity contribution in [1.82, 2.24) is 0 Å². The average molecular weight is 416 g/mol. The predicted molar refractivity (Wildman–Crippen MR) is 112 cm³/mol. The van der Waals surface area contributed by atoms with E-state index in [2.05, 4.69) is 10.6 Å². The lowest BCUT2D eigenvalue weighted by Crippen LogP contribution is -2.25. The molecule has 6 N–H and O–H groups in total. The molecule has 0 bridgehead atoms. The molecule has 0 radical (unpaired) electrons. The molecule has 4 rings (SSSR count). The molecule has 8 nitrogen and oxygen atoms in total. The Morgan fingerprint density at radius 2 is 1.03 bits per heavy atom. The van der Waals surface area contributed by atoms with Gasteiger partial charge in [0.2, 0.25) is 0 Å². The molecule has 2 aromatic carbocycles. The summed E-state index contributed by atoms with van der Waals surface area (Å²) in [6, 6.07) is 15.8. The van der Waals surface area contributed by atoms with Gasteiger partial charge in [0.05, 0.1) is 25.4 Å². The number of hydrogen-bond donors (Lipinski definition) is 6. The molecule has 6 atom stereocenters. The molecule has 8 heteroatoms. The smallest absolute Gasteiger partial charge is 0.130 e. The van der Waals surface area contributed by atoms with Crippen LogP contribution >= 0.6 is 0 Å². The molecule has 0 amide bonds. The number of benzene rings is 2. The highest BCUT2D eigenvalue weighted by molar-refractivity contribution is 5.68. The molecule has 30 heavy (non-hydrogen) atoms. The van der Waals surface area contributed by atoms with Crippen molar-refractivity contribution in [3.63, 3.8) is 0 Å². The van der Waals surface area contributed by atoms with Crippen LogP contribution in [0.15, 0.2) is 48.5 Å². The lowest BCUT2D eigenvalue weighted by molar-refractivity contribution is -0.0149. The summed E-state index contributed by atoms with van der Waals surface area (Å²) in [7, 11) is 0. The minimum Gasteiger partial charge on any atom is -0.394 e. The Hall–Kier alpha value is -2.20. The standard InChI is InChI=1S/C22H28N2O6/c25-11-19-17(27)9-21(29-19)23-15-5-1-13(2-6-15)14-3-7-16(8-4-14)24-22-10-18(28)20(12-26)30-22/h1-8,17-28H,9-12H2/t17-,18-,19-,20-,21-,22-/m0/s1. The van der Waals surface area contributed by atoms with Crippen LogP contribution in [0.2, 0.25) is 0 Å². The van der Waals surface area contributed by atoms with Gasteiger partial charge < -0.3 is 40.5 Å². The Labute approximate surface area is 175 Å². The van der Waals surface area contributed by atoms with Gasteiger partial charge in [-0.2, -0.15) is 0 Å². The van der Waals surface area contributed by atoms with E-state index in [-0.39, 0.29) is 25.7 Å². The second-order valence-corrected chi connectivity index (χ2v) is 7.74. The van der Waals surface area contributed by atoms with E-state index in [9.17, 15) is 20.4 Å². The summed E-state index contributed by atoms with van der Waals surface area (Å²) in [4.78, 5) is 0. The summed E-state index contributed by atoms with van der Waals surface area (Å²) >= 11 is 0. The van der Waals surface area contributed by atoms with Crippen LogP contribution in [0.25, 0.3) is 11.1 Å². The predicted octanol–water partition coefficient (Wildman–Crippen LogP) is 1.11. The maximum atomic E-state index is 9.82. The van der Waals surface area contributed by atoms with Crippen molar-refractivity contribution in [2.75, 3.05) is 23.8 Å². The largest absolute Gasteiger partial charge is 0.394 e. The van der Waals surface area contributed by atoms with Gasteiger partial charge >= 0.3 is 0 Å². The zero-order valence-corrected chi connectivity index (χ0v) is 16.5. The van der Waals surface area contributed by atoms with Gasteiger partial charge in [0, 0.05) is 24.2 Å². The van der Waals surface area contributed by atoms with Gasteiger partial charge in [0.25, 0.3) is 0 Å². The summed E-state index contributed by atoms with van der Waals surface area (Å²) in [5, 5.41) is 44.4. The zero-order valence-electron chi connectivity index (χ0n) is 16.5. The maximum absolute atomic E-state index is 9.82. The molecule has 2 fully saturated rings. The number of aliphatic hydroxyl groups is 4. The number of ether oxygens (including phenoxy) is 2. The molecule has 2 heterocycles. The van der Waals surface area contributed by atoms with E-state index in [0.29, 0.717) is 12.8 Å². The Kier molecular flexibility index (Phi) is 6.52. The Balaban J connectivity index is 1.33. The van der Waals surface area contributed by atoms with Crippen LogP contribution in [-0.2, 0) is 9.47 Å². The number of hydrogen-bond acceptors (Lipinski definition) is 8. The first-order chi connectivity index (χ1) is 14.6. The van der Waals surface area contributed by atoms with Crippen molar-refractivity contribution in [1.29, 1.82) is 0 Å². The van der Waals surface area contributed by atoms with Crippen molar-refractivity contribution in [3.05, 3.63) is 48.5 Å². The molecular formula is C22H28N2O6. The van der Waals surface area contributed by atoms with Gasteiger partial charge in [-0.1, -0.05) is 24.3 Å². The molecule has 2 aliphatic heterocycles. The first kappa shape index (κ1) is 21.0. The number of aliphatic hydroxyl groups excluding tert-OH is 4. The van der Waals surface area contributed by atoms with Gasteiger partial charge in [0.15, 0.2) is 0 Å². The summed E-state index contributed by atoms with van der Waals surface area (Å²) in [5.41, 5.74) is 3.87. The fourth-order valence-corrected chi connectivity index (χ4v) is 3.86. The third-order valence-electron chi connectivity index (χ3n) is 5.57. The molecule has 2 aromatic rings. The lowest BCUT2D eigenvalue weighted by Gasteiger charge is -2.16. The van der Waals surface area contributed by atoms with Crippen LogP contribution < -0.4 is 10.6 Å². The Bertz CT molecular complexity index is 746. The lowest BCUT2D eigenvalue weighted by atomic mass is 10.0. The minimum absolute atomic E-state index is 0.196. The van der Waals surface area contributed by atoms with Gasteiger partial charge in [-0.15, -0.1) is 0 Å². The monoisotopic (exact) mass is 416 g/mol. The fraction of sp³-hybridized carbons (Fsp3) is 0.455. The molecule has 2 saturated heterocycles. The first-order valence-corrected chi connectivity index (χ1v) is 10.2. The zero-order chi connectivity index (χ0) is 21.1. The van der Waals surface area contributed by atoms with Crippen LogP contribution in [0.1, 0.15) is 12.8 Å². The SMILES string of the molecule is OC[C@@H]1O[C@H](Nc2ccc(-c3ccc(N[C@@H]4C[C@H](O)[C@H](CO)O4)cc3)cc2)C[C@@H]1O. The van der Waals surface area contributed by atoms with E-state index in [4.69, 9.17) is 9.47 Å². The highest BCUT2D eigenvalue weighted by Crippen LogP contribution is 2.27.